The first-order chi connectivity index (χ1) is 18.1. The Morgan fingerprint density at radius 3 is 2.43 bits per heavy atom. The van der Waals surface area contributed by atoms with Crippen molar-refractivity contribution in [2.75, 3.05) is 18.9 Å². The molecule has 0 bridgehead atoms. The predicted octanol–water partition coefficient (Wildman–Crippen LogP) is 5.57. The van der Waals surface area contributed by atoms with Crippen molar-refractivity contribution in [2.45, 2.75) is 44.6 Å². The number of carbonyl (C=O) groups excluding carboxylic acids is 2. The number of anilines is 1. The van der Waals surface area contributed by atoms with Crippen LogP contribution in [0.3, 0.4) is 0 Å². The van der Waals surface area contributed by atoms with Gasteiger partial charge in [0.25, 0.3) is 5.91 Å². The van der Waals surface area contributed by atoms with Crippen molar-refractivity contribution < 1.29 is 9.59 Å². The molecule has 37 heavy (non-hydrogen) atoms. The molecular formula is C31H34N4O2. The molecule has 6 nitrogen and oxygen atoms in total. The zero-order chi connectivity index (χ0) is 25.6. The summed E-state index contributed by atoms with van der Waals surface area (Å²) in [6, 6.07) is 23.3. The van der Waals surface area contributed by atoms with Crippen LogP contribution >= 0.6 is 0 Å². The average molecular weight is 495 g/mol. The number of hydrogen-bond acceptors (Lipinski definition) is 4. The molecule has 3 aromatic rings. The Balaban J connectivity index is 1.45. The SMILES string of the molecule is CNCc1ccc(N=C(c2ccccc2)C2C(=O)Nc3ccc(C(=O)NCC4CCCCC4)cc32)cc1. The monoisotopic (exact) mass is 494 g/mol. The van der Waals surface area contributed by atoms with E-state index in [2.05, 4.69) is 16.0 Å². The van der Waals surface area contributed by atoms with E-state index < -0.39 is 5.92 Å². The lowest BCUT2D eigenvalue weighted by Gasteiger charge is -2.21. The Morgan fingerprint density at radius 2 is 1.70 bits per heavy atom. The van der Waals surface area contributed by atoms with Crippen LogP contribution in [0.25, 0.3) is 0 Å². The number of fused-ring (bicyclic) bond motifs is 1. The van der Waals surface area contributed by atoms with Gasteiger partial charge in [0.05, 0.1) is 11.4 Å². The lowest BCUT2D eigenvalue weighted by Crippen LogP contribution is -2.30. The van der Waals surface area contributed by atoms with Gasteiger partial charge >= 0.3 is 0 Å². The van der Waals surface area contributed by atoms with Gasteiger partial charge in [0.15, 0.2) is 0 Å². The van der Waals surface area contributed by atoms with Crippen molar-refractivity contribution in [1.82, 2.24) is 10.6 Å². The molecule has 1 heterocycles. The highest BCUT2D eigenvalue weighted by atomic mass is 16.2. The van der Waals surface area contributed by atoms with E-state index in [1.54, 1.807) is 6.07 Å². The fourth-order valence-corrected chi connectivity index (χ4v) is 5.34. The van der Waals surface area contributed by atoms with Crippen molar-refractivity contribution in [3.05, 3.63) is 95.1 Å². The molecule has 1 fully saturated rings. The van der Waals surface area contributed by atoms with E-state index in [1.165, 1.54) is 32.1 Å². The Bertz CT molecular complexity index is 1280. The van der Waals surface area contributed by atoms with Crippen molar-refractivity contribution in [3.63, 3.8) is 0 Å². The van der Waals surface area contributed by atoms with E-state index >= 15 is 0 Å². The molecule has 0 saturated heterocycles. The molecule has 3 N–H and O–H groups in total. The number of carbonyl (C=O) groups is 2. The van der Waals surface area contributed by atoms with E-state index in [9.17, 15) is 9.59 Å². The Labute approximate surface area is 218 Å². The van der Waals surface area contributed by atoms with Crippen LogP contribution in [0.2, 0.25) is 0 Å². The van der Waals surface area contributed by atoms with Gasteiger partial charge in [-0.3, -0.25) is 14.6 Å². The van der Waals surface area contributed by atoms with Gasteiger partial charge in [0.1, 0.15) is 5.92 Å². The number of nitrogens with zero attached hydrogens (tertiary/aromatic N) is 1. The van der Waals surface area contributed by atoms with Gasteiger partial charge in [0, 0.05) is 24.3 Å². The maximum atomic E-state index is 13.3. The van der Waals surface area contributed by atoms with Gasteiger partial charge in [-0.2, -0.15) is 0 Å². The summed E-state index contributed by atoms with van der Waals surface area (Å²) in [5, 5.41) is 9.27. The molecule has 1 aliphatic heterocycles. The van der Waals surface area contributed by atoms with Crippen LogP contribution in [0.4, 0.5) is 11.4 Å². The molecular weight excluding hydrogens is 460 g/mol. The molecule has 1 saturated carbocycles. The first-order valence-electron chi connectivity index (χ1n) is 13.2. The Morgan fingerprint density at radius 1 is 0.946 bits per heavy atom. The lowest BCUT2D eigenvalue weighted by molar-refractivity contribution is -0.115. The fraction of sp³-hybridized carbons (Fsp3) is 0.323. The molecule has 3 aromatic carbocycles. The Kier molecular flexibility index (Phi) is 7.76. The molecule has 1 atom stereocenters. The summed E-state index contributed by atoms with van der Waals surface area (Å²) >= 11 is 0. The van der Waals surface area contributed by atoms with Crippen molar-refractivity contribution >= 4 is 28.9 Å². The predicted molar refractivity (Wildman–Crippen MR) is 149 cm³/mol. The largest absolute Gasteiger partial charge is 0.352 e. The first kappa shape index (κ1) is 24.9. The van der Waals surface area contributed by atoms with E-state index in [-0.39, 0.29) is 11.8 Å². The Hall–Kier alpha value is -3.77. The molecule has 1 unspecified atom stereocenters. The minimum absolute atomic E-state index is 0.0928. The maximum absolute atomic E-state index is 13.3. The average Bonchev–Trinajstić information content (AvgIpc) is 3.27. The minimum atomic E-state index is -0.611. The van der Waals surface area contributed by atoms with Gasteiger partial charge in [-0.15, -0.1) is 0 Å². The zero-order valence-corrected chi connectivity index (χ0v) is 21.3. The highest BCUT2D eigenvalue weighted by Gasteiger charge is 2.36. The number of benzene rings is 3. The smallest absolute Gasteiger partial charge is 0.251 e. The van der Waals surface area contributed by atoms with Crippen molar-refractivity contribution in [1.29, 1.82) is 0 Å². The standard InChI is InChI=1S/C31H34N4O2/c1-32-19-22-12-15-25(16-13-22)34-29(23-10-6-3-7-11-23)28-26-18-24(14-17-27(26)35-31(28)37)30(36)33-20-21-8-4-2-5-9-21/h3,6-7,10-18,21,28,32H,2,4-5,8-9,19-20H2,1H3,(H,33,36)(H,35,37). The third kappa shape index (κ3) is 5.81. The second-order valence-electron chi connectivity index (χ2n) is 10.00. The van der Waals surface area contributed by atoms with Crippen molar-refractivity contribution in [2.24, 2.45) is 10.9 Å². The third-order valence-electron chi connectivity index (χ3n) is 7.33. The van der Waals surface area contributed by atoms with Crippen molar-refractivity contribution in [3.8, 4) is 0 Å². The summed E-state index contributed by atoms with van der Waals surface area (Å²) < 4.78 is 0. The zero-order valence-electron chi connectivity index (χ0n) is 21.3. The van der Waals surface area contributed by atoms with E-state index in [0.29, 0.717) is 23.7 Å². The summed E-state index contributed by atoms with van der Waals surface area (Å²) in [5.41, 5.74) is 5.56. The van der Waals surface area contributed by atoms with Crippen LogP contribution in [-0.4, -0.2) is 31.1 Å². The van der Waals surface area contributed by atoms with Crippen LogP contribution in [0.15, 0.2) is 77.8 Å². The van der Waals surface area contributed by atoms with E-state index in [1.807, 2.05) is 73.8 Å². The first-order valence-corrected chi connectivity index (χ1v) is 13.2. The molecule has 6 heteroatoms. The van der Waals surface area contributed by atoms with Crippen LogP contribution in [-0.2, 0) is 11.3 Å². The normalized spacial score (nSPS) is 17.8. The van der Waals surface area contributed by atoms with E-state index in [0.717, 1.165) is 34.6 Å². The number of rotatable bonds is 8. The summed E-state index contributed by atoms with van der Waals surface area (Å²) in [4.78, 5) is 31.3. The fourth-order valence-electron chi connectivity index (χ4n) is 5.34. The number of nitrogens with one attached hydrogen (secondary N) is 3. The lowest BCUT2D eigenvalue weighted by atomic mass is 9.89. The number of hydrogen-bond donors (Lipinski definition) is 3. The molecule has 5 rings (SSSR count). The van der Waals surface area contributed by atoms with Gasteiger partial charge in [-0.05, 0) is 72.8 Å². The highest BCUT2D eigenvalue weighted by molar-refractivity contribution is 6.24. The van der Waals surface area contributed by atoms with Gasteiger partial charge in [0.2, 0.25) is 5.91 Å². The maximum Gasteiger partial charge on any atom is 0.251 e. The molecule has 2 amide bonds. The molecule has 2 aliphatic rings. The number of aliphatic imine (C=N–C) groups is 1. The number of amides is 2. The summed E-state index contributed by atoms with van der Waals surface area (Å²) in [6.07, 6.45) is 6.14. The summed E-state index contributed by atoms with van der Waals surface area (Å²) in [7, 11) is 1.92. The quantitative estimate of drug-likeness (QED) is 0.358. The summed E-state index contributed by atoms with van der Waals surface area (Å²) in [5.74, 6) is -0.283. The topological polar surface area (TPSA) is 82.6 Å². The molecule has 190 valence electrons. The molecule has 0 aromatic heterocycles. The molecule has 0 spiro atoms. The summed E-state index contributed by atoms with van der Waals surface area (Å²) in [6.45, 7) is 1.48. The second kappa shape index (κ2) is 11.5. The second-order valence-corrected chi connectivity index (χ2v) is 10.00. The highest BCUT2D eigenvalue weighted by Crippen LogP contribution is 2.37. The van der Waals surface area contributed by atoms with Crippen LogP contribution in [0.1, 0.15) is 65.1 Å². The minimum Gasteiger partial charge on any atom is -0.352 e. The molecule has 1 aliphatic carbocycles. The van der Waals surface area contributed by atoms with E-state index in [4.69, 9.17) is 4.99 Å². The van der Waals surface area contributed by atoms with Gasteiger partial charge < -0.3 is 16.0 Å². The van der Waals surface area contributed by atoms with Crippen LogP contribution < -0.4 is 16.0 Å². The third-order valence-corrected chi connectivity index (χ3v) is 7.33. The molecule has 0 radical (unpaired) electrons. The van der Waals surface area contributed by atoms with Crippen LogP contribution in [0.5, 0.6) is 0 Å². The van der Waals surface area contributed by atoms with Crippen LogP contribution in [0, 0.1) is 5.92 Å². The van der Waals surface area contributed by atoms with Gasteiger partial charge in [-0.25, -0.2) is 0 Å². The van der Waals surface area contributed by atoms with Gasteiger partial charge in [-0.1, -0.05) is 61.7 Å².